The fourth-order valence-electron chi connectivity index (χ4n) is 1.70. The molecular weight excluding hydrogens is 244 g/mol. The van der Waals surface area contributed by atoms with E-state index in [9.17, 15) is 4.79 Å². The molecule has 19 heavy (non-hydrogen) atoms. The van der Waals surface area contributed by atoms with Gasteiger partial charge in [-0.25, -0.2) is 9.48 Å². The van der Waals surface area contributed by atoms with E-state index in [1.54, 1.807) is 25.2 Å². The molecule has 0 saturated heterocycles. The minimum Gasteiger partial charge on any atom is -0.391 e. The molecule has 0 aliphatic heterocycles. The summed E-state index contributed by atoms with van der Waals surface area (Å²) >= 11 is 0. The summed E-state index contributed by atoms with van der Waals surface area (Å²) in [5, 5.41) is 6.74. The van der Waals surface area contributed by atoms with Crippen LogP contribution in [0.5, 0.6) is 5.88 Å². The highest BCUT2D eigenvalue weighted by Crippen LogP contribution is 2.14. The second-order valence-electron chi connectivity index (χ2n) is 4.17. The van der Waals surface area contributed by atoms with Crippen molar-refractivity contribution in [2.45, 2.75) is 13.5 Å². The van der Waals surface area contributed by atoms with Crippen molar-refractivity contribution in [2.24, 2.45) is 12.8 Å². The molecule has 0 unspecified atom stereocenters. The van der Waals surface area contributed by atoms with E-state index in [2.05, 4.69) is 10.4 Å². The average molecular weight is 260 g/mol. The number of hydrogen-bond acceptors (Lipinski definition) is 4. The number of aromatic nitrogens is 2. The van der Waals surface area contributed by atoms with Crippen molar-refractivity contribution in [3.8, 4) is 5.88 Å². The SMILES string of the molecule is Cc1cc(OC(=O)Nc2cccc(CN)c2)n(C)n1. The third-order valence-corrected chi connectivity index (χ3v) is 2.57. The Morgan fingerprint density at radius 1 is 1.47 bits per heavy atom. The number of nitrogens with two attached hydrogens (primary N) is 1. The molecule has 6 nitrogen and oxygen atoms in total. The maximum atomic E-state index is 11.7. The lowest BCUT2D eigenvalue weighted by Gasteiger charge is -2.07. The standard InChI is InChI=1S/C13H16N4O2/c1-9-6-12(17(2)16-9)19-13(18)15-11-5-3-4-10(7-11)8-14/h3-7H,8,14H2,1-2H3,(H,15,18). The maximum absolute atomic E-state index is 11.7. The lowest BCUT2D eigenvalue weighted by Crippen LogP contribution is -2.18. The van der Waals surface area contributed by atoms with Gasteiger partial charge in [-0.3, -0.25) is 5.32 Å². The van der Waals surface area contributed by atoms with Crippen LogP contribution >= 0.6 is 0 Å². The zero-order chi connectivity index (χ0) is 13.8. The Morgan fingerprint density at radius 3 is 2.89 bits per heavy atom. The second-order valence-corrected chi connectivity index (χ2v) is 4.17. The van der Waals surface area contributed by atoms with Gasteiger partial charge in [0, 0.05) is 25.3 Å². The Bertz CT molecular complexity index is 592. The highest BCUT2D eigenvalue weighted by atomic mass is 16.6. The summed E-state index contributed by atoms with van der Waals surface area (Å²) in [6.07, 6.45) is -0.558. The van der Waals surface area contributed by atoms with Crippen LogP contribution in [0.3, 0.4) is 0 Å². The van der Waals surface area contributed by atoms with E-state index < -0.39 is 6.09 Å². The molecule has 1 aromatic heterocycles. The largest absolute Gasteiger partial charge is 0.418 e. The molecule has 1 amide bonds. The van der Waals surface area contributed by atoms with Gasteiger partial charge < -0.3 is 10.5 Å². The van der Waals surface area contributed by atoms with E-state index in [1.165, 1.54) is 4.68 Å². The zero-order valence-corrected chi connectivity index (χ0v) is 10.9. The van der Waals surface area contributed by atoms with E-state index >= 15 is 0 Å². The van der Waals surface area contributed by atoms with Crippen LogP contribution in [0.15, 0.2) is 30.3 Å². The van der Waals surface area contributed by atoms with Crippen LogP contribution in [0.2, 0.25) is 0 Å². The third kappa shape index (κ3) is 3.32. The molecule has 1 aromatic carbocycles. The smallest absolute Gasteiger partial charge is 0.391 e. The number of hydrogen-bond donors (Lipinski definition) is 2. The topological polar surface area (TPSA) is 82.2 Å². The van der Waals surface area contributed by atoms with Gasteiger partial charge in [-0.15, -0.1) is 0 Å². The number of ether oxygens (including phenoxy) is 1. The van der Waals surface area contributed by atoms with Gasteiger partial charge in [0.1, 0.15) is 0 Å². The molecule has 0 fully saturated rings. The summed E-state index contributed by atoms with van der Waals surface area (Å²) in [5.41, 5.74) is 7.91. The molecular formula is C13H16N4O2. The van der Waals surface area contributed by atoms with E-state index in [-0.39, 0.29) is 0 Å². The van der Waals surface area contributed by atoms with Crippen molar-refractivity contribution < 1.29 is 9.53 Å². The first-order valence-electron chi connectivity index (χ1n) is 5.87. The van der Waals surface area contributed by atoms with Crippen molar-refractivity contribution in [1.82, 2.24) is 9.78 Å². The number of carbonyl (C=O) groups excluding carboxylic acids is 1. The van der Waals surface area contributed by atoms with Crippen molar-refractivity contribution in [2.75, 3.05) is 5.32 Å². The zero-order valence-electron chi connectivity index (χ0n) is 10.9. The Hall–Kier alpha value is -2.34. The molecule has 0 atom stereocenters. The molecule has 2 aromatic rings. The molecule has 0 radical (unpaired) electrons. The summed E-state index contributed by atoms with van der Waals surface area (Å²) in [6, 6.07) is 8.98. The normalized spacial score (nSPS) is 10.3. The Labute approximate surface area is 111 Å². The van der Waals surface area contributed by atoms with Gasteiger partial charge in [0.05, 0.1) is 5.69 Å². The third-order valence-electron chi connectivity index (χ3n) is 2.57. The minimum absolute atomic E-state index is 0.393. The second kappa shape index (κ2) is 5.53. The molecule has 0 aliphatic rings. The number of amides is 1. The number of nitrogens with zero attached hydrogens (tertiary/aromatic N) is 2. The quantitative estimate of drug-likeness (QED) is 0.881. The highest BCUT2D eigenvalue weighted by Gasteiger charge is 2.09. The number of carbonyl (C=O) groups is 1. The van der Waals surface area contributed by atoms with E-state index in [0.717, 1.165) is 11.3 Å². The summed E-state index contributed by atoms with van der Waals surface area (Å²) in [6.45, 7) is 2.25. The van der Waals surface area contributed by atoms with Gasteiger partial charge in [-0.2, -0.15) is 5.10 Å². The lowest BCUT2D eigenvalue weighted by molar-refractivity contribution is 0.211. The molecule has 0 bridgehead atoms. The van der Waals surface area contributed by atoms with Crippen LogP contribution in [0.25, 0.3) is 0 Å². The van der Waals surface area contributed by atoms with Crippen LogP contribution in [0.4, 0.5) is 10.5 Å². The first-order chi connectivity index (χ1) is 9.08. The Kier molecular flexibility index (Phi) is 3.82. The number of anilines is 1. The van der Waals surface area contributed by atoms with Crippen molar-refractivity contribution in [3.05, 3.63) is 41.6 Å². The fourth-order valence-corrected chi connectivity index (χ4v) is 1.70. The molecule has 0 aliphatic carbocycles. The van der Waals surface area contributed by atoms with E-state index in [4.69, 9.17) is 10.5 Å². The van der Waals surface area contributed by atoms with Gasteiger partial charge in [-0.05, 0) is 24.6 Å². The number of rotatable bonds is 3. The van der Waals surface area contributed by atoms with Gasteiger partial charge in [0.25, 0.3) is 0 Å². The monoisotopic (exact) mass is 260 g/mol. The van der Waals surface area contributed by atoms with E-state index in [0.29, 0.717) is 18.1 Å². The van der Waals surface area contributed by atoms with E-state index in [1.807, 2.05) is 19.1 Å². The maximum Gasteiger partial charge on any atom is 0.418 e. The van der Waals surface area contributed by atoms with Crippen LogP contribution in [0, 0.1) is 6.92 Å². The molecule has 100 valence electrons. The van der Waals surface area contributed by atoms with Crippen LogP contribution < -0.4 is 15.8 Å². The van der Waals surface area contributed by atoms with Crippen LogP contribution in [-0.4, -0.2) is 15.9 Å². The molecule has 3 N–H and O–H groups in total. The minimum atomic E-state index is -0.558. The first-order valence-corrected chi connectivity index (χ1v) is 5.87. The number of benzene rings is 1. The molecule has 1 heterocycles. The molecule has 0 spiro atoms. The fraction of sp³-hybridized carbons (Fsp3) is 0.231. The summed E-state index contributed by atoms with van der Waals surface area (Å²) in [7, 11) is 1.71. The van der Waals surface area contributed by atoms with Crippen molar-refractivity contribution in [3.63, 3.8) is 0 Å². The predicted octanol–water partition coefficient (Wildman–Crippen LogP) is 1.80. The summed E-state index contributed by atoms with van der Waals surface area (Å²) in [5.74, 6) is 0.393. The summed E-state index contributed by atoms with van der Waals surface area (Å²) in [4.78, 5) is 11.7. The lowest BCUT2D eigenvalue weighted by atomic mass is 10.2. The highest BCUT2D eigenvalue weighted by molar-refractivity contribution is 5.86. The summed E-state index contributed by atoms with van der Waals surface area (Å²) < 4.78 is 6.67. The van der Waals surface area contributed by atoms with Crippen LogP contribution in [0.1, 0.15) is 11.3 Å². The molecule has 6 heteroatoms. The molecule has 2 rings (SSSR count). The Morgan fingerprint density at radius 2 is 2.26 bits per heavy atom. The van der Waals surface area contributed by atoms with Crippen LogP contribution in [-0.2, 0) is 13.6 Å². The van der Waals surface area contributed by atoms with Gasteiger partial charge in [-0.1, -0.05) is 12.1 Å². The number of nitrogens with one attached hydrogen (secondary N) is 1. The van der Waals surface area contributed by atoms with Gasteiger partial charge in [0.15, 0.2) is 0 Å². The molecule has 0 saturated carbocycles. The number of aryl methyl sites for hydroxylation is 2. The van der Waals surface area contributed by atoms with Gasteiger partial charge in [0.2, 0.25) is 5.88 Å². The predicted molar refractivity (Wildman–Crippen MR) is 71.9 cm³/mol. The average Bonchev–Trinajstić information content (AvgIpc) is 2.68. The first kappa shape index (κ1) is 13.1. The van der Waals surface area contributed by atoms with Gasteiger partial charge >= 0.3 is 6.09 Å². The van der Waals surface area contributed by atoms with Crippen molar-refractivity contribution >= 4 is 11.8 Å². The van der Waals surface area contributed by atoms with Crippen molar-refractivity contribution in [1.29, 1.82) is 0 Å². The Balaban J connectivity index is 2.03.